The Kier molecular flexibility index (Phi) is 7.19. The third-order valence-electron chi connectivity index (χ3n) is 2.58. The summed E-state index contributed by atoms with van der Waals surface area (Å²) < 4.78 is 5.62. The second-order valence-electron chi connectivity index (χ2n) is 4.15. The van der Waals surface area contributed by atoms with Gasteiger partial charge in [-0.3, -0.25) is 0 Å². The Hall–Kier alpha value is -1.25. The van der Waals surface area contributed by atoms with Crippen LogP contribution in [0.25, 0.3) is 0 Å². The molecule has 0 radical (unpaired) electrons. The molecule has 0 aliphatic rings. The summed E-state index contributed by atoms with van der Waals surface area (Å²) in [6.45, 7) is 5.94. The minimum Gasteiger partial charge on any atom is -0.478 e. The maximum Gasteiger partial charge on any atom is 0.215 e. The third kappa shape index (κ3) is 6.15. The summed E-state index contributed by atoms with van der Waals surface area (Å²) >= 11 is 0. The number of nitrogens with one attached hydrogen (secondary N) is 1. The molecule has 1 aromatic rings. The number of nitrogens with zero attached hydrogens (tertiary/aromatic N) is 1. The number of ether oxygens (including phenoxy) is 1. The number of anilines is 1. The van der Waals surface area contributed by atoms with Crippen LogP contribution in [0.5, 0.6) is 5.88 Å². The van der Waals surface area contributed by atoms with Crippen molar-refractivity contribution in [3.63, 3.8) is 0 Å². The first-order valence-corrected chi connectivity index (χ1v) is 6.70. The quantitative estimate of drug-likeness (QED) is 0.661. The van der Waals surface area contributed by atoms with E-state index in [1.54, 1.807) is 0 Å². The van der Waals surface area contributed by atoms with Gasteiger partial charge in [0.1, 0.15) is 5.82 Å². The summed E-state index contributed by atoms with van der Waals surface area (Å²) in [5.41, 5.74) is 0. The molecule has 0 bridgehead atoms. The largest absolute Gasteiger partial charge is 0.478 e. The predicted molar refractivity (Wildman–Crippen MR) is 72.7 cm³/mol. The Morgan fingerprint density at radius 2 is 1.94 bits per heavy atom. The average molecular weight is 236 g/mol. The zero-order valence-corrected chi connectivity index (χ0v) is 11.0. The molecule has 1 heterocycles. The smallest absolute Gasteiger partial charge is 0.215 e. The van der Waals surface area contributed by atoms with Crippen LogP contribution >= 0.6 is 0 Å². The number of unbranched alkanes of at least 4 members (excludes halogenated alkanes) is 4. The third-order valence-corrected chi connectivity index (χ3v) is 2.58. The summed E-state index contributed by atoms with van der Waals surface area (Å²) in [6, 6.07) is 5.84. The van der Waals surface area contributed by atoms with E-state index in [-0.39, 0.29) is 0 Å². The monoisotopic (exact) mass is 236 g/mol. The van der Waals surface area contributed by atoms with Crippen LogP contribution in [0.3, 0.4) is 0 Å². The first-order chi connectivity index (χ1) is 8.36. The van der Waals surface area contributed by atoms with Crippen molar-refractivity contribution in [1.29, 1.82) is 0 Å². The first-order valence-electron chi connectivity index (χ1n) is 6.70. The van der Waals surface area contributed by atoms with Gasteiger partial charge in [0, 0.05) is 12.6 Å². The normalized spacial score (nSPS) is 10.2. The van der Waals surface area contributed by atoms with Gasteiger partial charge in [0.2, 0.25) is 5.88 Å². The second-order valence-corrected chi connectivity index (χ2v) is 4.15. The van der Waals surface area contributed by atoms with Gasteiger partial charge >= 0.3 is 0 Å². The molecule has 0 aliphatic heterocycles. The fourth-order valence-electron chi connectivity index (χ4n) is 1.66. The summed E-state index contributed by atoms with van der Waals surface area (Å²) in [6.07, 6.45) is 6.29. The molecule has 1 aromatic heterocycles. The number of aromatic nitrogens is 1. The van der Waals surface area contributed by atoms with E-state index in [1.807, 2.05) is 18.2 Å². The van der Waals surface area contributed by atoms with Crippen molar-refractivity contribution < 1.29 is 4.74 Å². The molecule has 3 heteroatoms. The molecule has 0 spiro atoms. The van der Waals surface area contributed by atoms with Gasteiger partial charge in [-0.2, -0.15) is 4.98 Å². The van der Waals surface area contributed by atoms with E-state index in [2.05, 4.69) is 24.1 Å². The molecule has 3 nitrogen and oxygen atoms in total. The summed E-state index contributed by atoms with van der Waals surface area (Å²) in [4.78, 5) is 4.36. The van der Waals surface area contributed by atoms with Crippen LogP contribution in [0.15, 0.2) is 18.2 Å². The van der Waals surface area contributed by atoms with Gasteiger partial charge in [0.25, 0.3) is 0 Å². The molecule has 0 saturated carbocycles. The fraction of sp³-hybridized carbons (Fsp3) is 0.643. The Labute approximate surface area is 105 Å². The van der Waals surface area contributed by atoms with Crippen LogP contribution in [0.2, 0.25) is 0 Å². The highest BCUT2D eigenvalue weighted by Gasteiger charge is 1.97. The minimum atomic E-state index is 0.721. The lowest BCUT2D eigenvalue weighted by molar-refractivity contribution is 0.294. The number of rotatable bonds is 9. The van der Waals surface area contributed by atoms with E-state index in [0.29, 0.717) is 0 Å². The van der Waals surface area contributed by atoms with Crippen molar-refractivity contribution in [2.45, 2.75) is 46.0 Å². The van der Waals surface area contributed by atoms with Crippen LogP contribution in [-0.2, 0) is 0 Å². The summed E-state index contributed by atoms with van der Waals surface area (Å²) in [5, 5.41) is 3.18. The summed E-state index contributed by atoms with van der Waals surface area (Å²) in [5.74, 6) is 1.61. The van der Waals surface area contributed by atoms with Crippen LogP contribution < -0.4 is 10.1 Å². The lowest BCUT2D eigenvalue weighted by Crippen LogP contribution is -2.02. The van der Waals surface area contributed by atoms with Gasteiger partial charge in [-0.15, -0.1) is 0 Å². The maximum absolute atomic E-state index is 5.62. The molecule has 0 unspecified atom stereocenters. The second kappa shape index (κ2) is 8.85. The number of pyridine rings is 1. The predicted octanol–water partition coefficient (Wildman–Crippen LogP) is 3.86. The molecule has 17 heavy (non-hydrogen) atoms. The molecule has 0 fully saturated rings. The zero-order chi connectivity index (χ0) is 12.3. The average Bonchev–Trinajstić information content (AvgIpc) is 2.35. The van der Waals surface area contributed by atoms with Crippen molar-refractivity contribution in [1.82, 2.24) is 4.98 Å². The lowest BCUT2D eigenvalue weighted by atomic mass is 10.2. The van der Waals surface area contributed by atoms with E-state index in [1.165, 1.54) is 25.7 Å². The van der Waals surface area contributed by atoms with Crippen molar-refractivity contribution in [2.75, 3.05) is 18.5 Å². The highest BCUT2D eigenvalue weighted by molar-refractivity contribution is 5.36. The van der Waals surface area contributed by atoms with Gasteiger partial charge < -0.3 is 10.1 Å². The highest BCUT2D eigenvalue weighted by Crippen LogP contribution is 2.12. The Balaban J connectivity index is 2.19. The van der Waals surface area contributed by atoms with Gasteiger partial charge in [0.15, 0.2) is 0 Å². The maximum atomic E-state index is 5.62. The number of hydrogen-bond acceptors (Lipinski definition) is 3. The first kappa shape index (κ1) is 13.8. The van der Waals surface area contributed by atoms with Gasteiger partial charge in [-0.25, -0.2) is 0 Å². The highest BCUT2D eigenvalue weighted by atomic mass is 16.5. The van der Waals surface area contributed by atoms with Crippen molar-refractivity contribution in [3.05, 3.63) is 18.2 Å². The van der Waals surface area contributed by atoms with Crippen molar-refractivity contribution in [2.24, 2.45) is 0 Å². The van der Waals surface area contributed by atoms with Gasteiger partial charge in [-0.05, 0) is 19.4 Å². The van der Waals surface area contributed by atoms with E-state index in [0.717, 1.165) is 31.3 Å². The van der Waals surface area contributed by atoms with E-state index < -0.39 is 0 Å². The van der Waals surface area contributed by atoms with Gasteiger partial charge in [-0.1, -0.05) is 38.7 Å². The topological polar surface area (TPSA) is 34.1 Å². The number of hydrogen-bond donors (Lipinski definition) is 1. The molecule has 0 aliphatic carbocycles. The zero-order valence-electron chi connectivity index (χ0n) is 11.0. The van der Waals surface area contributed by atoms with E-state index in [9.17, 15) is 0 Å². The Morgan fingerprint density at radius 1 is 1.12 bits per heavy atom. The standard InChI is InChI=1S/C14H24N2O/c1-3-5-6-7-8-12-17-14-11-9-10-13(16-14)15-4-2/h9-11H,3-8,12H2,1-2H3,(H,15,16). The van der Waals surface area contributed by atoms with Crippen LogP contribution in [0.4, 0.5) is 5.82 Å². The molecule has 1 rings (SSSR count). The Bertz CT molecular complexity index is 302. The Morgan fingerprint density at radius 3 is 2.71 bits per heavy atom. The fourth-order valence-corrected chi connectivity index (χ4v) is 1.66. The minimum absolute atomic E-state index is 0.721. The van der Waals surface area contributed by atoms with Crippen LogP contribution in [0, 0.1) is 0 Å². The molecule has 0 aromatic carbocycles. The molecule has 0 saturated heterocycles. The SMILES string of the molecule is CCCCCCCOc1cccc(NCC)n1. The summed E-state index contributed by atoms with van der Waals surface area (Å²) in [7, 11) is 0. The van der Waals surface area contributed by atoms with Gasteiger partial charge in [0.05, 0.1) is 6.61 Å². The van der Waals surface area contributed by atoms with Crippen LogP contribution in [-0.4, -0.2) is 18.1 Å². The van der Waals surface area contributed by atoms with Crippen molar-refractivity contribution >= 4 is 5.82 Å². The molecule has 0 atom stereocenters. The van der Waals surface area contributed by atoms with E-state index >= 15 is 0 Å². The molecular formula is C14H24N2O. The van der Waals surface area contributed by atoms with E-state index in [4.69, 9.17) is 4.74 Å². The molecule has 96 valence electrons. The molecule has 0 amide bonds. The molecule has 1 N–H and O–H groups in total. The van der Waals surface area contributed by atoms with Crippen LogP contribution in [0.1, 0.15) is 46.0 Å². The van der Waals surface area contributed by atoms with Crippen molar-refractivity contribution in [3.8, 4) is 5.88 Å². The molecular weight excluding hydrogens is 212 g/mol. The lowest BCUT2D eigenvalue weighted by Gasteiger charge is -2.07.